The quantitative estimate of drug-likeness (QED) is 0.195. The number of H-pyrrole nitrogens is 1. The number of hydrogen-bond donors (Lipinski definition) is 4. The van der Waals surface area contributed by atoms with Gasteiger partial charge in [-0.1, -0.05) is 13.0 Å². The number of rotatable bonds is 6. The maximum atomic E-state index is 11.5. The molecule has 0 saturated heterocycles. The Kier molecular flexibility index (Phi) is 6.44. The zero-order valence-electron chi connectivity index (χ0n) is 16.9. The number of hydrogen-bond acceptors (Lipinski definition) is 5. The van der Waals surface area contributed by atoms with Crippen LogP contribution < -0.4 is 16.1 Å². The molecule has 1 aromatic carbocycles. The summed E-state index contributed by atoms with van der Waals surface area (Å²) in [7, 11) is 0. The van der Waals surface area contributed by atoms with E-state index in [2.05, 4.69) is 36.1 Å². The van der Waals surface area contributed by atoms with Crippen LogP contribution in [0.3, 0.4) is 0 Å². The summed E-state index contributed by atoms with van der Waals surface area (Å²) in [4.78, 5) is 23.8. The van der Waals surface area contributed by atoms with Crippen molar-refractivity contribution in [2.75, 3.05) is 6.54 Å². The van der Waals surface area contributed by atoms with Crippen LogP contribution in [0, 0.1) is 17.4 Å². The van der Waals surface area contributed by atoms with Gasteiger partial charge in [0.05, 0.1) is 16.7 Å². The first kappa shape index (κ1) is 20.3. The Hall–Kier alpha value is -3.41. The van der Waals surface area contributed by atoms with Crippen molar-refractivity contribution in [3.8, 4) is 6.19 Å². The number of carbonyl (C=O) groups is 1. The number of aryl methyl sites for hydroxylation is 1. The third-order valence-electron chi connectivity index (χ3n) is 4.53. The number of imidazole rings is 1. The number of nitriles is 1. The van der Waals surface area contributed by atoms with Gasteiger partial charge in [0.15, 0.2) is 6.19 Å². The summed E-state index contributed by atoms with van der Waals surface area (Å²) in [6.45, 7) is 6.57. The molecular weight excluding hydrogens is 368 g/mol. The first-order chi connectivity index (χ1) is 14.0. The summed E-state index contributed by atoms with van der Waals surface area (Å²) >= 11 is 0. The number of fused-ring (bicyclic) bond motifs is 1. The van der Waals surface area contributed by atoms with Gasteiger partial charge in [0.2, 0.25) is 11.9 Å². The highest BCUT2D eigenvalue weighted by molar-refractivity contribution is 6.07. The van der Waals surface area contributed by atoms with Crippen LogP contribution in [-0.2, 0) is 11.2 Å². The van der Waals surface area contributed by atoms with E-state index in [1.165, 1.54) is 0 Å². The zero-order chi connectivity index (χ0) is 20.8. The number of hydrazone groups is 1. The van der Waals surface area contributed by atoms with Crippen molar-refractivity contribution in [1.82, 2.24) is 26.0 Å². The van der Waals surface area contributed by atoms with Crippen molar-refractivity contribution < 1.29 is 4.79 Å². The molecule has 2 heterocycles. The number of nitrogens with one attached hydrogen (secondary N) is 4. The molecule has 0 aliphatic carbocycles. The number of guanidine groups is 1. The fourth-order valence-electron chi connectivity index (χ4n) is 3.23. The van der Waals surface area contributed by atoms with Crippen LogP contribution in [0.15, 0.2) is 28.3 Å². The Morgan fingerprint density at radius 3 is 3.00 bits per heavy atom. The van der Waals surface area contributed by atoms with Crippen molar-refractivity contribution in [1.29, 1.82) is 5.26 Å². The van der Waals surface area contributed by atoms with Gasteiger partial charge in [-0.05, 0) is 32.4 Å². The lowest BCUT2D eigenvalue weighted by atomic mass is 9.94. The monoisotopic (exact) mass is 394 g/mol. The summed E-state index contributed by atoms with van der Waals surface area (Å²) in [5, 5.41) is 18.7. The van der Waals surface area contributed by atoms with Crippen molar-refractivity contribution in [2.45, 2.75) is 46.1 Å². The van der Waals surface area contributed by atoms with E-state index >= 15 is 0 Å². The average molecular weight is 394 g/mol. The molecule has 3 rings (SSSR count). The van der Waals surface area contributed by atoms with Gasteiger partial charge in [0.25, 0.3) is 0 Å². The Balaban J connectivity index is 1.64. The van der Waals surface area contributed by atoms with Gasteiger partial charge in [0, 0.05) is 36.9 Å². The van der Waals surface area contributed by atoms with Crippen molar-refractivity contribution >= 4 is 28.6 Å². The van der Waals surface area contributed by atoms with E-state index in [1.54, 1.807) is 0 Å². The first-order valence-electron chi connectivity index (χ1n) is 9.77. The van der Waals surface area contributed by atoms with E-state index < -0.39 is 0 Å². The highest BCUT2D eigenvalue weighted by atomic mass is 16.2. The van der Waals surface area contributed by atoms with E-state index in [0.29, 0.717) is 18.9 Å². The Labute approximate surface area is 169 Å². The van der Waals surface area contributed by atoms with Gasteiger partial charge < -0.3 is 10.3 Å². The fraction of sp³-hybridized carbons (Fsp3) is 0.450. The number of nitrogens with zero attached hydrogens (tertiary/aromatic N) is 4. The van der Waals surface area contributed by atoms with Crippen LogP contribution in [0.2, 0.25) is 0 Å². The minimum absolute atomic E-state index is 0.0504. The molecule has 29 heavy (non-hydrogen) atoms. The zero-order valence-corrected chi connectivity index (χ0v) is 16.9. The molecule has 4 N–H and O–H groups in total. The Morgan fingerprint density at radius 1 is 1.45 bits per heavy atom. The molecule has 1 aliphatic rings. The third-order valence-corrected chi connectivity index (χ3v) is 4.53. The SMILES string of the molecule is CC(C)NC(=NCCCc1nc2ccc(C3=NNC(=O)CC3C)cc2[nH]1)NC#N. The minimum Gasteiger partial charge on any atom is -0.353 e. The number of aromatic amines is 1. The predicted molar refractivity (Wildman–Crippen MR) is 112 cm³/mol. The van der Waals surface area contributed by atoms with Gasteiger partial charge in [-0.2, -0.15) is 10.4 Å². The molecule has 2 aromatic rings. The summed E-state index contributed by atoms with van der Waals surface area (Å²) in [5.41, 5.74) is 6.27. The van der Waals surface area contributed by atoms with Crippen molar-refractivity contribution in [3.05, 3.63) is 29.6 Å². The lowest BCUT2D eigenvalue weighted by Crippen LogP contribution is -2.39. The van der Waals surface area contributed by atoms with E-state index in [1.807, 2.05) is 45.2 Å². The largest absolute Gasteiger partial charge is 0.353 e. The molecule has 1 aromatic heterocycles. The molecule has 0 bridgehead atoms. The van der Waals surface area contributed by atoms with Crippen molar-refractivity contribution in [2.24, 2.45) is 16.0 Å². The third kappa shape index (κ3) is 5.31. The molecule has 0 spiro atoms. The maximum absolute atomic E-state index is 11.5. The molecule has 1 unspecified atom stereocenters. The lowest BCUT2D eigenvalue weighted by molar-refractivity contribution is -0.121. The Bertz CT molecular complexity index is 982. The van der Waals surface area contributed by atoms with Crippen LogP contribution in [-0.4, -0.2) is 40.1 Å². The smallest absolute Gasteiger partial charge is 0.240 e. The Morgan fingerprint density at radius 2 is 2.28 bits per heavy atom. The van der Waals surface area contributed by atoms with Crippen LogP contribution in [0.4, 0.5) is 0 Å². The molecule has 0 saturated carbocycles. The molecule has 0 fully saturated rings. The first-order valence-corrected chi connectivity index (χ1v) is 9.77. The maximum Gasteiger partial charge on any atom is 0.240 e. The van der Waals surface area contributed by atoms with Crippen molar-refractivity contribution in [3.63, 3.8) is 0 Å². The highest BCUT2D eigenvalue weighted by Crippen LogP contribution is 2.20. The van der Waals surface area contributed by atoms with E-state index in [4.69, 9.17) is 5.26 Å². The van der Waals surface area contributed by atoms with Crippen LogP contribution in [0.25, 0.3) is 11.0 Å². The van der Waals surface area contributed by atoms with E-state index in [9.17, 15) is 4.79 Å². The number of amides is 1. The van der Waals surface area contributed by atoms with Gasteiger partial charge in [-0.25, -0.2) is 10.4 Å². The molecule has 1 aliphatic heterocycles. The van der Waals surface area contributed by atoms with Gasteiger partial charge in [0.1, 0.15) is 5.82 Å². The molecule has 9 nitrogen and oxygen atoms in total. The number of aromatic nitrogens is 2. The topological polar surface area (TPSA) is 130 Å². The fourth-order valence-corrected chi connectivity index (χ4v) is 3.23. The molecule has 1 atom stereocenters. The minimum atomic E-state index is -0.0504. The van der Waals surface area contributed by atoms with Crippen LogP contribution >= 0.6 is 0 Å². The summed E-state index contributed by atoms with van der Waals surface area (Å²) in [6, 6.07) is 6.18. The second-order valence-corrected chi connectivity index (χ2v) is 7.42. The molecule has 152 valence electrons. The normalized spacial score (nSPS) is 17.1. The number of aliphatic imine (C=N–C) groups is 1. The van der Waals surface area contributed by atoms with Crippen LogP contribution in [0.1, 0.15) is 45.0 Å². The standard InChI is InChI=1S/C20H26N8O/c1-12(2)24-20(23-11-21)22-8-4-5-17-25-15-7-6-14(10-16(15)26-17)19-13(3)9-18(29)27-28-19/h6-7,10,12-13H,4-5,8-9H2,1-3H3,(H,25,26)(H,27,29)(H2,22,23,24). The van der Waals surface area contributed by atoms with E-state index in [0.717, 1.165) is 41.0 Å². The van der Waals surface area contributed by atoms with Crippen LogP contribution in [0.5, 0.6) is 0 Å². The lowest BCUT2D eigenvalue weighted by Gasteiger charge is -2.18. The average Bonchev–Trinajstić information content (AvgIpc) is 3.07. The summed E-state index contributed by atoms with van der Waals surface area (Å²) < 4.78 is 0. The summed E-state index contributed by atoms with van der Waals surface area (Å²) in [5.74, 6) is 1.42. The second-order valence-electron chi connectivity index (χ2n) is 7.42. The predicted octanol–water partition coefficient (Wildman–Crippen LogP) is 1.78. The molecule has 9 heteroatoms. The second kappa shape index (κ2) is 9.19. The number of carbonyl (C=O) groups excluding carboxylic acids is 1. The van der Waals surface area contributed by atoms with Gasteiger partial charge in [-0.15, -0.1) is 0 Å². The van der Waals surface area contributed by atoms with Gasteiger partial charge in [-0.3, -0.25) is 15.1 Å². The molecule has 0 radical (unpaired) electrons. The highest BCUT2D eigenvalue weighted by Gasteiger charge is 2.22. The number of benzene rings is 1. The summed E-state index contributed by atoms with van der Waals surface area (Å²) in [6.07, 6.45) is 3.89. The molecular formula is C20H26N8O. The van der Waals surface area contributed by atoms with E-state index in [-0.39, 0.29) is 17.9 Å². The van der Waals surface area contributed by atoms with Gasteiger partial charge >= 0.3 is 0 Å². The molecule has 1 amide bonds.